The van der Waals surface area contributed by atoms with E-state index in [1.165, 1.54) is 0 Å². The highest BCUT2D eigenvalue weighted by atomic mass is 16.5. The van der Waals surface area contributed by atoms with Crippen LogP contribution in [0.25, 0.3) is 11.3 Å². The number of aromatic carboxylic acids is 1. The number of hydrogen-bond donors (Lipinski definition) is 1. The molecule has 0 aliphatic carbocycles. The molecular weight excluding hydrogens is 258 g/mol. The van der Waals surface area contributed by atoms with Crippen molar-refractivity contribution in [3.8, 4) is 17.0 Å². The summed E-state index contributed by atoms with van der Waals surface area (Å²) in [5.41, 5.74) is 1.14. The molecular formula is C15H17NO4. The maximum atomic E-state index is 11.5. The Bertz CT molecular complexity index is 616. The van der Waals surface area contributed by atoms with Gasteiger partial charge in [-0.1, -0.05) is 31.1 Å². The average Bonchev–Trinajstić information content (AvgIpc) is 2.81. The zero-order valence-electron chi connectivity index (χ0n) is 11.7. The number of aromatic nitrogens is 1. The number of ether oxygens (including phenoxy) is 1. The van der Waals surface area contributed by atoms with Gasteiger partial charge in [0.05, 0.1) is 7.11 Å². The van der Waals surface area contributed by atoms with E-state index in [2.05, 4.69) is 5.16 Å². The summed E-state index contributed by atoms with van der Waals surface area (Å²) in [6.07, 6.45) is 0.540. The average molecular weight is 275 g/mol. The second kappa shape index (κ2) is 5.77. The van der Waals surface area contributed by atoms with Crippen molar-refractivity contribution in [3.05, 3.63) is 35.6 Å². The molecule has 0 spiro atoms. The van der Waals surface area contributed by atoms with Crippen LogP contribution in [0.15, 0.2) is 28.8 Å². The summed E-state index contributed by atoms with van der Waals surface area (Å²) in [7, 11) is 1.56. The van der Waals surface area contributed by atoms with Gasteiger partial charge in [-0.2, -0.15) is 0 Å². The van der Waals surface area contributed by atoms with Gasteiger partial charge in [0, 0.05) is 12.0 Å². The van der Waals surface area contributed by atoms with Crippen molar-refractivity contribution in [2.75, 3.05) is 7.11 Å². The lowest BCUT2D eigenvalue weighted by Gasteiger charge is -2.04. The molecule has 2 aromatic rings. The van der Waals surface area contributed by atoms with Crippen LogP contribution in [0.5, 0.6) is 5.75 Å². The fourth-order valence-electron chi connectivity index (χ4n) is 2.02. The Labute approximate surface area is 117 Å². The van der Waals surface area contributed by atoms with E-state index >= 15 is 0 Å². The highest BCUT2D eigenvalue weighted by molar-refractivity contribution is 5.95. The lowest BCUT2D eigenvalue weighted by atomic mass is 10.0. The molecule has 106 valence electrons. The SMILES string of the molecule is COc1cccc(-c2noc(CC(C)C)c2C(=O)O)c1. The molecule has 0 aliphatic heterocycles. The largest absolute Gasteiger partial charge is 0.497 e. The maximum absolute atomic E-state index is 11.5. The molecule has 1 heterocycles. The van der Waals surface area contributed by atoms with Crippen LogP contribution >= 0.6 is 0 Å². The van der Waals surface area contributed by atoms with Crippen molar-refractivity contribution < 1.29 is 19.2 Å². The topological polar surface area (TPSA) is 72.6 Å². The highest BCUT2D eigenvalue weighted by Crippen LogP contribution is 2.29. The van der Waals surface area contributed by atoms with E-state index in [0.717, 1.165) is 0 Å². The Morgan fingerprint density at radius 2 is 2.20 bits per heavy atom. The van der Waals surface area contributed by atoms with E-state index in [9.17, 15) is 9.90 Å². The third-order valence-electron chi connectivity index (χ3n) is 2.91. The van der Waals surface area contributed by atoms with Gasteiger partial charge in [-0.3, -0.25) is 0 Å². The van der Waals surface area contributed by atoms with Crippen molar-refractivity contribution in [1.82, 2.24) is 5.16 Å². The summed E-state index contributed by atoms with van der Waals surface area (Å²) in [6.45, 7) is 4.00. The van der Waals surface area contributed by atoms with Crippen LogP contribution in [0.2, 0.25) is 0 Å². The predicted molar refractivity (Wildman–Crippen MR) is 74.0 cm³/mol. The first-order chi connectivity index (χ1) is 9.52. The Hall–Kier alpha value is -2.30. The van der Waals surface area contributed by atoms with E-state index in [1.54, 1.807) is 31.4 Å². The predicted octanol–water partition coefficient (Wildman–Crippen LogP) is 3.25. The van der Waals surface area contributed by atoms with Crippen LogP contribution in [0.4, 0.5) is 0 Å². The second-order valence-corrected chi connectivity index (χ2v) is 4.96. The first-order valence-corrected chi connectivity index (χ1v) is 6.39. The number of carboxylic acids is 1. The second-order valence-electron chi connectivity index (χ2n) is 4.96. The maximum Gasteiger partial charge on any atom is 0.341 e. The smallest absolute Gasteiger partial charge is 0.341 e. The van der Waals surface area contributed by atoms with Crippen LogP contribution in [-0.4, -0.2) is 23.3 Å². The summed E-state index contributed by atoms with van der Waals surface area (Å²) in [5.74, 6) is 0.316. The van der Waals surface area contributed by atoms with E-state index < -0.39 is 5.97 Å². The molecule has 20 heavy (non-hydrogen) atoms. The van der Waals surface area contributed by atoms with Gasteiger partial charge in [0.1, 0.15) is 17.0 Å². The Kier molecular flexibility index (Phi) is 4.08. The van der Waals surface area contributed by atoms with Gasteiger partial charge in [0.2, 0.25) is 0 Å². The van der Waals surface area contributed by atoms with Gasteiger partial charge >= 0.3 is 5.97 Å². The van der Waals surface area contributed by atoms with Gasteiger partial charge in [0.25, 0.3) is 0 Å². The molecule has 0 atom stereocenters. The van der Waals surface area contributed by atoms with E-state index in [4.69, 9.17) is 9.26 Å². The molecule has 0 bridgehead atoms. The minimum Gasteiger partial charge on any atom is -0.497 e. The van der Waals surface area contributed by atoms with Crippen LogP contribution in [0.3, 0.4) is 0 Å². The molecule has 0 aliphatic rings. The van der Waals surface area contributed by atoms with Gasteiger partial charge in [-0.05, 0) is 18.1 Å². The van der Waals surface area contributed by atoms with Crippen molar-refractivity contribution in [1.29, 1.82) is 0 Å². The van der Waals surface area contributed by atoms with Crippen molar-refractivity contribution in [2.24, 2.45) is 5.92 Å². The number of rotatable bonds is 5. The summed E-state index contributed by atoms with van der Waals surface area (Å²) >= 11 is 0. The molecule has 0 radical (unpaired) electrons. The van der Waals surface area contributed by atoms with Crippen LogP contribution in [0, 0.1) is 5.92 Å². The number of benzene rings is 1. The molecule has 0 saturated heterocycles. The molecule has 5 heteroatoms. The zero-order chi connectivity index (χ0) is 14.7. The van der Waals surface area contributed by atoms with Gasteiger partial charge in [0.15, 0.2) is 5.76 Å². The van der Waals surface area contributed by atoms with Crippen molar-refractivity contribution in [3.63, 3.8) is 0 Å². The molecule has 2 rings (SSSR count). The fraction of sp³-hybridized carbons (Fsp3) is 0.333. The standard InChI is InChI=1S/C15H17NO4/c1-9(2)7-12-13(15(17)18)14(16-20-12)10-5-4-6-11(8-10)19-3/h4-6,8-9H,7H2,1-3H3,(H,17,18). The molecule has 5 nitrogen and oxygen atoms in total. The normalized spacial score (nSPS) is 10.8. The molecule has 0 saturated carbocycles. The van der Waals surface area contributed by atoms with E-state index in [0.29, 0.717) is 35.1 Å². The van der Waals surface area contributed by atoms with Gasteiger partial charge in [-0.25, -0.2) is 4.79 Å². The number of carboxylic acid groups (broad SMARTS) is 1. The van der Waals surface area contributed by atoms with Gasteiger partial charge < -0.3 is 14.4 Å². The first-order valence-electron chi connectivity index (χ1n) is 6.39. The summed E-state index contributed by atoms with van der Waals surface area (Å²) in [4.78, 5) is 11.5. The fourth-order valence-corrected chi connectivity index (χ4v) is 2.02. The monoisotopic (exact) mass is 275 g/mol. The van der Waals surface area contributed by atoms with Crippen LogP contribution in [-0.2, 0) is 6.42 Å². The quantitative estimate of drug-likeness (QED) is 0.906. The third kappa shape index (κ3) is 2.82. The van der Waals surface area contributed by atoms with Crippen LogP contribution in [0.1, 0.15) is 30.0 Å². The van der Waals surface area contributed by atoms with Crippen molar-refractivity contribution in [2.45, 2.75) is 20.3 Å². The number of carbonyl (C=O) groups is 1. The molecule has 1 aromatic heterocycles. The minimum atomic E-state index is -1.03. The Balaban J connectivity index is 2.50. The summed E-state index contributed by atoms with van der Waals surface area (Å²) in [6, 6.07) is 7.10. The van der Waals surface area contributed by atoms with E-state index in [-0.39, 0.29) is 5.56 Å². The Morgan fingerprint density at radius 1 is 1.45 bits per heavy atom. The molecule has 0 fully saturated rings. The number of hydrogen-bond acceptors (Lipinski definition) is 4. The van der Waals surface area contributed by atoms with E-state index in [1.807, 2.05) is 13.8 Å². The Morgan fingerprint density at radius 3 is 2.80 bits per heavy atom. The van der Waals surface area contributed by atoms with Gasteiger partial charge in [-0.15, -0.1) is 0 Å². The number of nitrogens with zero attached hydrogens (tertiary/aromatic N) is 1. The minimum absolute atomic E-state index is 0.131. The highest BCUT2D eigenvalue weighted by Gasteiger charge is 2.24. The summed E-state index contributed by atoms with van der Waals surface area (Å²) in [5, 5.41) is 13.3. The summed E-state index contributed by atoms with van der Waals surface area (Å²) < 4.78 is 10.4. The number of methoxy groups -OCH3 is 1. The van der Waals surface area contributed by atoms with Crippen LogP contribution < -0.4 is 4.74 Å². The van der Waals surface area contributed by atoms with Crippen molar-refractivity contribution >= 4 is 5.97 Å². The molecule has 1 N–H and O–H groups in total. The zero-order valence-corrected chi connectivity index (χ0v) is 11.7. The third-order valence-corrected chi connectivity index (χ3v) is 2.91. The lowest BCUT2D eigenvalue weighted by molar-refractivity contribution is 0.0695. The molecule has 0 amide bonds. The lowest BCUT2D eigenvalue weighted by Crippen LogP contribution is -2.04. The molecule has 0 unspecified atom stereocenters. The first kappa shape index (κ1) is 14.1. The molecule has 1 aromatic carbocycles.